The SMILES string of the molecule is CN=C(NCc1ccnc(Oc2ccc(F)cc2)c1)NC1CC1C.I. The van der Waals surface area contributed by atoms with Crippen molar-refractivity contribution in [3.8, 4) is 11.6 Å². The Balaban J connectivity index is 0.00000225. The summed E-state index contributed by atoms with van der Waals surface area (Å²) < 4.78 is 18.6. The predicted molar refractivity (Wildman–Crippen MR) is 107 cm³/mol. The van der Waals surface area contributed by atoms with E-state index < -0.39 is 0 Å². The van der Waals surface area contributed by atoms with Crippen LogP contribution in [0.15, 0.2) is 47.6 Å². The molecule has 7 heteroatoms. The number of rotatable bonds is 5. The summed E-state index contributed by atoms with van der Waals surface area (Å²) in [4.78, 5) is 8.41. The number of pyridine rings is 1. The minimum absolute atomic E-state index is 0. The molecule has 5 nitrogen and oxygen atoms in total. The maximum atomic E-state index is 12.9. The monoisotopic (exact) mass is 456 g/mol. The van der Waals surface area contributed by atoms with Crippen LogP contribution in [0.1, 0.15) is 18.9 Å². The first kappa shape index (κ1) is 19.4. The number of halogens is 2. The van der Waals surface area contributed by atoms with Crippen molar-refractivity contribution in [1.29, 1.82) is 0 Å². The van der Waals surface area contributed by atoms with Gasteiger partial charge in [0.25, 0.3) is 0 Å². The summed E-state index contributed by atoms with van der Waals surface area (Å²) >= 11 is 0. The number of hydrogen-bond acceptors (Lipinski definition) is 3. The minimum atomic E-state index is -0.294. The molecule has 134 valence electrons. The molecule has 1 aromatic carbocycles. The molecule has 1 fully saturated rings. The molecule has 3 rings (SSSR count). The second-order valence-electron chi connectivity index (χ2n) is 5.95. The van der Waals surface area contributed by atoms with Crippen LogP contribution in [-0.4, -0.2) is 24.0 Å². The van der Waals surface area contributed by atoms with E-state index in [1.54, 1.807) is 25.4 Å². The van der Waals surface area contributed by atoms with Crippen LogP contribution in [0.4, 0.5) is 4.39 Å². The van der Waals surface area contributed by atoms with Gasteiger partial charge in [-0.1, -0.05) is 6.92 Å². The van der Waals surface area contributed by atoms with E-state index in [1.807, 2.05) is 12.1 Å². The number of hydrogen-bond donors (Lipinski definition) is 2. The third kappa shape index (κ3) is 5.84. The maximum absolute atomic E-state index is 12.9. The van der Waals surface area contributed by atoms with Crippen molar-refractivity contribution in [3.63, 3.8) is 0 Å². The van der Waals surface area contributed by atoms with Gasteiger partial charge in [-0.3, -0.25) is 4.99 Å². The maximum Gasteiger partial charge on any atom is 0.219 e. The molecule has 0 bridgehead atoms. The van der Waals surface area contributed by atoms with Crippen molar-refractivity contribution in [2.75, 3.05) is 7.05 Å². The largest absolute Gasteiger partial charge is 0.439 e. The van der Waals surface area contributed by atoms with Gasteiger partial charge in [-0.05, 0) is 48.2 Å². The van der Waals surface area contributed by atoms with Crippen LogP contribution in [0.3, 0.4) is 0 Å². The third-order valence-electron chi connectivity index (χ3n) is 3.95. The summed E-state index contributed by atoms with van der Waals surface area (Å²) in [5.74, 6) is 2.23. The number of ether oxygens (including phenoxy) is 1. The number of nitrogens with one attached hydrogen (secondary N) is 2. The summed E-state index contributed by atoms with van der Waals surface area (Å²) in [6, 6.07) is 10.1. The molecular weight excluding hydrogens is 434 g/mol. The standard InChI is InChI=1S/C18H21FN4O.HI/c1-12-9-16(12)23-18(20-2)22-11-13-7-8-21-17(10-13)24-15-5-3-14(19)4-6-15;/h3-8,10,12,16H,9,11H2,1-2H3,(H2,20,22,23);1H. The van der Waals surface area contributed by atoms with E-state index in [9.17, 15) is 4.39 Å². The summed E-state index contributed by atoms with van der Waals surface area (Å²) in [5.41, 5.74) is 1.02. The van der Waals surface area contributed by atoms with Crippen molar-refractivity contribution in [2.24, 2.45) is 10.9 Å². The number of benzene rings is 1. The van der Waals surface area contributed by atoms with E-state index in [4.69, 9.17) is 4.74 Å². The highest BCUT2D eigenvalue weighted by atomic mass is 127. The zero-order valence-electron chi connectivity index (χ0n) is 14.2. The predicted octanol–water partition coefficient (Wildman–Crippen LogP) is 3.70. The van der Waals surface area contributed by atoms with E-state index in [-0.39, 0.29) is 29.8 Å². The van der Waals surface area contributed by atoms with Crippen LogP contribution in [-0.2, 0) is 6.54 Å². The van der Waals surface area contributed by atoms with Gasteiger partial charge < -0.3 is 15.4 Å². The van der Waals surface area contributed by atoms with Crippen LogP contribution < -0.4 is 15.4 Å². The van der Waals surface area contributed by atoms with Gasteiger partial charge in [-0.15, -0.1) is 24.0 Å². The molecule has 0 aliphatic heterocycles. The molecule has 1 aliphatic carbocycles. The van der Waals surface area contributed by atoms with E-state index >= 15 is 0 Å². The van der Waals surface area contributed by atoms with Gasteiger partial charge in [0.2, 0.25) is 5.88 Å². The molecule has 0 amide bonds. The van der Waals surface area contributed by atoms with E-state index in [2.05, 4.69) is 27.5 Å². The molecule has 1 saturated carbocycles. The fourth-order valence-corrected chi connectivity index (χ4v) is 2.32. The van der Waals surface area contributed by atoms with Gasteiger partial charge in [0, 0.05) is 31.9 Å². The lowest BCUT2D eigenvalue weighted by Crippen LogP contribution is -2.38. The van der Waals surface area contributed by atoms with Gasteiger partial charge in [0.15, 0.2) is 5.96 Å². The van der Waals surface area contributed by atoms with Crippen LogP contribution >= 0.6 is 24.0 Å². The molecule has 1 heterocycles. The first-order chi connectivity index (χ1) is 11.6. The molecule has 0 saturated heterocycles. The molecule has 1 aromatic heterocycles. The zero-order valence-corrected chi connectivity index (χ0v) is 16.5. The van der Waals surface area contributed by atoms with Crippen molar-refractivity contribution in [3.05, 3.63) is 54.0 Å². The van der Waals surface area contributed by atoms with Crippen molar-refractivity contribution in [2.45, 2.75) is 25.9 Å². The van der Waals surface area contributed by atoms with Gasteiger partial charge in [0.05, 0.1) is 0 Å². The van der Waals surface area contributed by atoms with Gasteiger partial charge in [0.1, 0.15) is 11.6 Å². The van der Waals surface area contributed by atoms with E-state index in [0.29, 0.717) is 30.1 Å². The van der Waals surface area contributed by atoms with Crippen LogP contribution in [0.5, 0.6) is 11.6 Å². The number of nitrogens with zero attached hydrogens (tertiary/aromatic N) is 2. The molecule has 2 N–H and O–H groups in total. The smallest absolute Gasteiger partial charge is 0.219 e. The molecule has 2 aromatic rings. The molecular formula is C18H22FIN4O. The third-order valence-corrected chi connectivity index (χ3v) is 3.95. The Morgan fingerprint density at radius 3 is 2.68 bits per heavy atom. The summed E-state index contributed by atoms with van der Waals surface area (Å²) in [6.07, 6.45) is 2.88. The molecule has 0 spiro atoms. The lowest BCUT2D eigenvalue weighted by molar-refractivity contribution is 0.460. The Kier molecular flexibility index (Phi) is 6.98. The number of guanidine groups is 1. The fourth-order valence-electron chi connectivity index (χ4n) is 2.32. The summed E-state index contributed by atoms with van der Waals surface area (Å²) in [6.45, 7) is 2.83. The zero-order chi connectivity index (χ0) is 16.9. The van der Waals surface area contributed by atoms with Gasteiger partial charge >= 0.3 is 0 Å². The lowest BCUT2D eigenvalue weighted by Gasteiger charge is -2.12. The Hall–Kier alpha value is -1.90. The van der Waals surface area contributed by atoms with Gasteiger partial charge in [-0.25, -0.2) is 9.37 Å². The Morgan fingerprint density at radius 2 is 2.04 bits per heavy atom. The minimum Gasteiger partial charge on any atom is -0.439 e. The lowest BCUT2D eigenvalue weighted by atomic mass is 10.2. The van der Waals surface area contributed by atoms with Crippen LogP contribution in [0, 0.1) is 11.7 Å². The van der Waals surface area contributed by atoms with Crippen molar-refractivity contribution in [1.82, 2.24) is 15.6 Å². The van der Waals surface area contributed by atoms with Crippen molar-refractivity contribution < 1.29 is 9.13 Å². The highest BCUT2D eigenvalue weighted by Gasteiger charge is 2.33. The average molecular weight is 456 g/mol. The molecule has 2 atom stereocenters. The molecule has 25 heavy (non-hydrogen) atoms. The first-order valence-corrected chi connectivity index (χ1v) is 7.99. The topological polar surface area (TPSA) is 58.5 Å². The average Bonchev–Trinajstić information content (AvgIpc) is 3.29. The molecule has 1 aliphatic rings. The van der Waals surface area contributed by atoms with E-state index in [1.165, 1.54) is 18.6 Å². The van der Waals surface area contributed by atoms with Crippen LogP contribution in [0.2, 0.25) is 0 Å². The number of aliphatic imine (C=N–C) groups is 1. The number of aromatic nitrogens is 1. The quantitative estimate of drug-likeness (QED) is 0.410. The second kappa shape index (κ2) is 8.98. The van der Waals surface area contributed by atoms with Crippen molar-refractivity contribution >= 4 is 29.9 Å². The molecule has 2 unspecified atom stereocenters. The van der Waals surface area contributed by atoms with E-state index in [0.717, 1.165) is 11.5 Å². The summed E-state index contributed by atoms with van der Waals surface area (Å²) in [7, 11) is 1.76. The highest BCUT2D eigenvalue weighted by Crippen LogP contribution is 2.28. The van der Waals surface area contributed by atoms with Crippen LogP contribution in [0.25, 0.3) is 0 Å². The first-order valence-electron chi connectivity index (χ1n) is 7.99. The normalized spacial score (nSPS) is 18.9. The Morgan fingerprint density at radius 1 is 1.32 bits per heavy atom. The fraction of sp³-hybridized carbons (Fsp3) is 0.333. The Bertz CT molecular complexity index is 723. The Labute approximate surface area is 164 Å². The second-order valence-corrected chi connectivity index (χ2v) is 5.95. The summed E-state index contributed by atoms with van der Waals surface area (Å²) in [5, 5.41) is 6.66. The highest BCUT2D eigenvalue weighted by molar-refractivity contribution is 14.0. The molecule has 0 radical (unpaired) electrons. The van der Waals surface area contributed by atoms with Gasteiger partial charge in [-0.2, -0.15) is 0 Å².